The molecule has 0 aliphatic heterocycles. The van der Waals surface area contributed by atoms with Gasteiger partial charge in [0.05, 0.1) is 12.8 Å². The number of benzene rings is 1. The van der Waals surface area contributed by atoms with Crippen molar-refractivity contribution in [3.8, 4) is 0 Å². The molecule has 0 spiro atoms. The first-order valence-corrected chi connectivity index (χ1v) is 8.14. The van der Waals surface area contributed by atoms with Crippen LogP contribution < -0.4 is 16.0 Å². The summed E-state index contributed by atoms with van der Waals surface area (Å²) < 4.78 is 18.1. The van der Waals surface area contributed by atoms with E-state index in [1.807, 2.05) is 19.2 Å². The summed E-state index contributed by atoms with van der Waals surface area (Å²) in [4.78, 5) is 23.6. The highest BCUT2D eigenvalue weighted by Gasteiger charge is 2.21. The van der Waals surface area contributed by atoms with Gasteiger partial charge in [-0.3, -0.25) is 10.1 Å². The molecule has 25 heavy (non-hydrogen) atoms. The number of carbonyl (C=O) groups excluding carboxylic acids is 2. The third-order valence-corrected chi connectivity index (χ3v) is 3.79. The molecule has 0 fully saturated rings. The van der Waals surface area contributed by atoms with E-state index in [9.17, 15) is 14.0 Å². The number of rotatable bonds is 7. The molecule has 0 bridgehead atoms. The Hall–Kier alpha value is -2.67. The van der Waals surface area contributed by atoms with Gasteiger partial charge in [0.2, 0.25) is 0 Å². The molecule has 0 saturated carbocycles. The van der Waals surface area contributed by atoms with Gasteiger partial charge in [-0.2, -0.15) is 0 Å². The molecular formula is C18H23FN3O3+. The molecule has 3 amide bonds. The molecule has 0 saturated heterocycles. The second-order valence-corrected chi connectivity index (χ2v) is 6.07. The van der Waals surface area contributed by atoms with Gasteiger partial charge in [0.1, 0.15) is 17.6 Å². The number of hydrogen-bond donors (Lipinski definition) is 3. The zero-order valence-electron chi connectivity index (χ0n) is 14.3. The van der Waals surface area contributed by atoms with E-state index < -0.39 is 11.9 Å². The van der Waals surface area contributed by atoms with Crippen LogP contribution in [0.3, 0.4) is 0 Å². The van der Waals surface area contributed by atoms with Crippen molar-refractivity contribution in [3.63, 3.8) is 0 Å². The predicted molar refractivity (Wildman–Crippen MR) is 89.9 cm³/mol. The molecule has 1 aromatic carbocycles. The van der Waals surface area contributed by atoms with Crippen LogP contribution in [0, 0.1) is 11.7 Å². The number of furan rings is 1. The Morgan fingerprint density at radius 1 is 1.20 bits per heavy atom. The van der Waals surface area contributed by atoms with Gasteiger partial charge in [-0.1, -0.05) is 26.0 Å². The zero-order chi connectivity index (χ0) is 18.2. The Balaban J connectivity index is 1.80. The highest BCUT2D eigenvalue weighted by molar-refractivity contribution is 5.94. The molecule has 2 aromatic rings. The van der Waals surface area contributed by atoms with E-state index >= 15 is 0 Å². The van der Waals surface area contributed by atoms with Crippen LogP contribution in [0.2, 0.25) is 0 Å². The quantitative estimate of drug-likeness (QED) is 0.712. The topological polar surface area (TPSA) is 88.0 Å². The van der Waals surface area contributed by atoms with Crippen molar-refractivity contribution in [2.75, 3.05) is 6.54 Å². The number of amides is 3. The van der Waals surface area contributed by atoms with Gasteiger partial charge in [0.15, 0.2) is 6.54 Å². The van der Waals surface area contributed by atoms with Crippen molar-refractivity contribution in [3.05, 3.63) is 59.8 Å². The fourth-order valence-corrected chi connectivity index (χ4v) is 2.51. The van der Waals surface area contributed by atoms with Crippen LogP contribution >= 0.6 is 0 Å². The van der Waals surface area contributed by atoms with Crippen molar-refractivity contribution in [2.45, 2.75) is 26.4 Å². The molecule has 1 aromatic heterocycles. The smallest absolute Gasteiger partial charge is 0.321 e. The van der Waals surface area contributed by atoms with Gasteiger partial charge in [-0.15, -0.1) is 0 Å². The molecule has 0 aliphatic rings. The second kappa shape index (κ2) is 8.98. The summed E-state index contributed by atoms with van der Waals surface area (Å²) in [6.45, 7) is 4.35. The van der Waals surface area contributed by atoms with Crippen LogP contribution in [0.5, 0.6) is 0 Å². The van der Waals surface area contributed by atoms with Gasteiger partial charge < -0.3 is 15.1 Å². The van der Waals surface area contributed by atoms with E-state index in [4.69, 9.17) is 4.42 Å². The van der Waals surface area contributed by atoms with Crippen LogP contribution in [0.1, 0.15) is 31.2 Å². The van der Waals surface area contributed by atoms with Crippen molar-refractivity contribution in [1.82, 2.24) is 10.6 Å². The van der Waals surface area contributed by atoms with E-state index in [-0.39, 0.29) is 30.9 Å². The molecule has 7 heteroatoms. The average molecular weight is 348 g/mol. The predicted octanol–water partition coefficient (Wildman–Crippen LogP) is 1.71. The number of carbonyl (C=O) groups is 2. The van der Waals surface area contributed by atoms with E-state index in [2.05, 4.69) is 10.6 Å². The van der Waals surface area contributed by atoms with Crippen molar-refractivity contribution in [2.24, 2.45) is 5.92 Å². The number of nitrogens with one attached hydrogen (secondary N) is 2. The standard InChI is InChI=1S/C18H22FN3O3/c1-12(2)17(13-5-7-14(19)8-6-13)20-11-16(23)22-18(24)21-10-15-4-3-9-25-15/h3-9,12,17,20H,10-11H2,1-2H3,(H2,21,22,23,24)/p+1/t17-/m0/s1. The first-order valence-electron chi connectivity index (χ1n) is 8.14. The van der Waals surface area contributed by atoms with Crippen molar-refractivity contribution in [1.29, 1.82) is 0 Å². The zero-order valence-corrected chi connectivity index (χ0v) is 14.3. The summed E-state index contributed by atoms with van der Waals surface area (Å²) in [5.41, 5.74) is 0.937. The van der Waals surface area contributed by atoms with Gasteiger partial charge in [0, 0.05) is 11.5 Å². The summed E-state index contributed by atoms with van der Waals surface area (Å²) in [5, 5.41) is 6.66. The molecular weight excluding hydrogens is 325 g/mol. The highest BCUT2D eigenvalue weighted by atomic mass is 19.1. The van der Waals surface area contributed by atoms with Gasteiger partial charge in [-0.25, -0.2) is 9.18 Å². The summed E-state index contributed by atoms with van der Waals surface area (Å²) >= 11 is 0. The second-order valence-electron chi connectivity index (χ2n) is 6.07. The SMILES string of the molecule is CC(C)[C@H]([NH2+]CC(=O)NC(=O)NCc1ccco1)c1ccc(F)cc1. The fourth-order valence-electron chi connectivity index (χ4n) is 2.51. The minimum Gasteiger partial charge on any atom is -0.467 e. The maximum Gasteiger partial charge on any atom is 0.321 e. The highest BCUT2D eigenvalue weighted by Crippen LogP contribution is 2.17. The van der Waals surface area contributed by atoms with Crippen LogP contribution in [-0.4, -0.2) is 18.5 Å². The summed E-state index contributed by atoms with van der Waals surface area (Å²) in [7, 11) is 0. The summed E-state index contributed by atoms with van der Waals surface area (Å²) in [6.07, 6.45) is 1.51. The number of nitrogens with two attached hydrogens (primary N) is 1. The maximum atomic E-state index is 13.1. The summed E-state index contributed by atoms with van der Waals surface area (Å²) in [5.74, 6) is 0.151. The van der Waals surface area contributed by atoms with Crippen molar-refractivity contribution >= 4 is 11.9 Å². The number of halogens is 1. The van der Waals surface area contributed by atoms with Gasteiger partial charge in [-0.05, 0) is 24.3 Å². The average Bonchev–Trinajstić information content (AvgIpc) is 3.08. The lowest BCUT2D eigenvalue weighted by Gasteiger charge is -2.19. The van der Waals surface area contributed by atoms with Gasteiger partial charge in [0.25, 0.3) is 5.91 Å². The van der Waals surface area contributed by atoms with Crippen LogP contribution in [-0.2, 0) is 11.3 Å². The molecule has 2 rings (SSSR count). The van der Waals surface area contributed by atoms with Crippen molar-refractivity contribution < 1.29 is 23.7 Å². The fraction of sp³-hybridized carbons (Fsp3) is 0.333. The van der Waals surface area contributed by atoms with E-state index in [0.717, 1.165) is 5.56 Å². The van der Waals surface area contributed by atoms with E-state index in [1.165, 1.54) is 18.4 Å². The molecule has 0 aliphatic carbocycles. The Labute approximate surface area is 145 Å². The van der Waals surface area contributed by atoms with Crippen LogP contribution in [0.4, 0.5) is 9.18 Å². The molecule has 134 valence electrons. The monoisotopic (exact) mass is 348 g/mol. The van der Waals surface area contributed by atoms with Crippen LogP contribution in [0.25, 0.3) is 0 Å². The molecule has 0 unspecified atom stereocenters. The van der Waals surface area contributed by atoms with E-state index in [1.54, 1.807) is 24.3 Å². The Bertz CT molecular complexity index is 684. The third kappa shape index (κ3) is 6.04. The molecule has 0 radical (unpaired) electrons. The molecule has 1 heterocycles. The molecule has 4 N–H and O–H groups in total. The number of imide groups is 1. The number of quaternary nitrogens is 1. The minimum atomic E-state index is -0.572. The normalized spacial score (nSPS) is 12.0. The maximum absolute atomic E-state index is 13.1. The third-order valence-electron chi connectivity index (χ3n) is 3.79. The Morgan fingerprint density at radius 3 is 2.52 bits per heavy atom. The first kappa shape index (κ1) is 18.7. The lowest BCUT2D eigenvalue weighted by Crippen LogP contribution is -2.88. The van der Waals surface area contributed by atoms with Crippen LogP contribution in [0.15, 0.2) is 47.1 Å². The number of hydrogen-bond acceptors (Lipinski definition) is 3. The molecule has 1 atom stereocenters. The summed E-state index contributed by atoms with van der Waals surface area (Å²) in [6, 6.07) is 9.11. The number of urea groups is 1. The Kier molecular flexibility index (Phi) is 6.71. The molecule has 6 nitrogen and oxygen atoms in total. The van der Waals surface area contributed by atoms with Gasteiger partial charge >= 0.3 is 6.03 Å². The largest absolute Gasteiger partial charge is 0.467 e. The lowest BCUT2D eigenvalue weighted by atomic mass is 9.96. The van der Waals surface area contributed by atoms with E-state index in [0.29, 0.717) is 5.76 Å². The first-order chi connectivity index (χ1) is 12.0. The minimum absolute atomic E-state index is 0.00229. The Morgan fingerprint density at radius 2 is 1.92 bits per heavy atom. The lowest BCUT2D eigenvalue weighted by molar-refractivity contribution is -0.692.